The van der Waals surface area contributed by atoms with Crippen LogP contribution in [0.25, 0.3) is 0 Å². The van der Waals surface area contributed by atoms with Gasteiger partial charge in [-0.1, -0.05) is 41.0 Å². The Bertz CT molecular complexity index is 382. The fourth-order valence-corrected chi connectivity index (χ4v) is 1.87. The van der Waals surface area contributed by atoms with Crippen molar-refractivity contribution < 1.29 is 4.74 Å². The van der Waals surface area contributed by atoms with Gasteiger partial charge in [0.2, 0.25) is 0 Å². The summed E-state index contributed by atoms with van der Waals surface area (Å²) in [5.74, 6) is 0.919. The van der Waals surface area contributed by atoms with E-state index in [9.17, 15) is 0 Å². The molecule has 0 unspecified atom stereocenters. The molecule has 0 atom stereocenters. The number of benzene rings is 1. The van der Waals surface area contributed by atoms with Crippen molar-refractivity contribution in [2.45, 2.75) is 19.9 Å². The number of rotatable bonds is 7. The van der Waals surface area contributed by atoms with E-state index in [2.05, 4.69) is 40.8 Å². The first-order valence-corrected chi connectivity index (χ1v) is 6.75. The van der Waals surface area contributed by atoms with E-state index in [0.717, 1.165) is 28.8 Å². The summed E-state index contributed by atoms with van der Waals surface area (Å²) in [5.41, 5.74) is 1.12. The lowest BCUT2D eigenvalue weighted by molar-refractivity contribution is 0.313. The van der Waals surface area contributed by atoms with Gasteiger partial charge in [-0.3, -0.25) is 0 Å². The fourth-order valence-electron chi connectivity index (χ4n) is 1.37. The normalized spacial score (nSPS) is 10.3. The van der Waals surface area contributed by atoms with E-state index in [1.807, 2.05) is 12.1 Å². The van der Waals surface area contributed by atoms with Crippen LogP contribution in [0.3, 0.4) is 0 Å². The first-order chi connectivity index (χ1) is 8.13. The Balaban J connectivity index is 2.65. The molecule has 0 saturated carbocycles. The number of ether oxygens (including phenoxy) is 1. The van der Waals surface area contributed by atoms with Gasteiger partial charge < -0.3 is 10.1 Å². The van der Waals surface area contributed by atoms with Crippen molar-refractivity contribution in [2.75, 3.05) is 13.2 Å². The second-order valence-electron chi connectivity index (χ2n) is 3.72. The minimum atomic E-state index is 0.598. The van der Waals surface area contributed by atoms with Crippen LogP contribution in [-0.4, -0.2) is 13.2 Å². The summed E-state index contributed by atoms with van der Waals surface area (Å²) >= 11 is 9.16. The molecule has 17 heavy (non-hydrogen) atoms. The van der Waals surface area contributed by atoms with Crippen molar-refractivity contribution >= 4 is 27.5 Å². The van der Waals surface area contributed by atoms with E-state index in [4.69, 9.17) is 16.3 Å². The Hall–Kier alpha value is -0.510. The molecule has 1 aromatic carbocycles. The SMILES string of the molecule is C=C(Cl)CNCc1cc(Br)ccc1OCCC. The highest BCUT2D eigenvalue weighted by molar-refractivity contribution is 9.10. The maximum Gasteiger partial charge on any atom is 0.123 e. The summed E-state index contributed by atoms with van der Waals surface area (Å²) in [6, 6.07) is 6.01. The van der Waals surface area contributed by atoms with Crippen molar-refractivity contribution in [1.82, 2.24) is 5.32 Å². The first-order valence-electron chi connectivity index (χ1n) is 5.58. The molecule has 0 bridgehead atoms. The van der Waals surface area contributed by atoms with Gasteiger partial charge in [-0.05, 0) is 24.6 Å². The maximum absolute atomic E-state index is 5.70. The smallest absolute Gasteiger partial charge is 0.123 e. The molecule has 4 heteroatoms. The highest BCUT2D eigenvalue weighted by atomic mass is 79.9. The topological polar surface area (TPSA) is 21.3 Å². The van der Waals surface area contributed by atoms with Gasteiger partial charge in [0.25, 0.3) is 0 Å². The lowest BCUT2D eigenvalue weighted by Crippen LogP contribution is -2.15. The zero-order chi connectivity index (χ0) is 12.7. The van der Waals surface area contributed by atoms with Crippen molar-refractivity contribution in [3.8, 4) is 5.75 Å². The molecule has 0 saturated heterocycles. The van der Waals surface area contributed by atoms with Gasteiger partial charge in [-0.2, -0.15) is 0 Å². The van der Waals surface area contributed by atoms with Crippen molar-refractivity contribution in [3.05, 3.63) is 39.8 Å². The first kappa shape index (κ1) is 14.6. The van der Waals surface area contributed by atoms with Gasteiger partial charge in [0.1, 0.15) is 5.75 Å². The Morgan fingerprint density at radius 3 is 2.94 bits per heavy atom. The Morgan fingerprint density at radius 1 is 1.53 bits per heavy atom. The molecule has 0 radical (unpaired) electrons. The van der Waals surface area contributed by atoms with Crippen molar-refractivity contribution in [3.63, 3.8) is 0 Å². The molecular weight excluding hydrogens is 302 g/mol. The summed E-state index contributed by atoms with van der Waals surface area (Å²) in [5, 5.41) is 3.82. The Morgan fingerprint density at radius 2 is 2.29 bits per heavy atom. The Labute approximate surface area is 116 Å². The molecule has 2 nitrogen and oxygen atoms in total. The van der Waals surface area contributed by atoms with Gasteiger partial charge in [0.15, 0.2) is 0 Å². The molecule has 1 rings (SSSR count). The summed E-state index contributed by atoms with van der Waals surface area (Å²) in [6.45, 7) is 7.77. The molecule has 94 valence electrons. The van der Waals surface area contributed by atoms with Crippen LogP contribution in [-0.2, 0) is 6.54 Å². The summed E-state index contributed by atoms with van der Waals surface area (Å²) < 4.78 is 6.73. The van der Waals surface area contributed by atoms with Crippen molar-refractivity contribution in [2.24, 2.45) is 0 Å². The van der Waals surface area contributed by atoms with E-state index < -0.39 is 0 Å². The largest absolute Gasteiger partial charge is 0.493 e. The van der Waals surface area contributed by atoms with E-state index in [-0.39, 0.29) is 0 Å². The van der Waals surface area contributed by atoms with E-state index >= 15 is 0 Å². The fraction of sp³-hybridized carbons (Fsp3) is 0.385. The summed E-state index contributed by atoms with van der Waals surface area (Å²) in [6.07, 6.45) is 1.00. The van der Waals surface area contributed by atoms with Crippen LogP contribution in [0, 0.1) is 0 Å². The van der Waals surface area contributed by atoms with E-state index in [1.54, 1.807) is 0 Å². The molecular formula is C13H17BrClNO. The minimum Gasteiger partial charge on any atom is -0.493 e. The molecule has 0 spiro atoms. The highest BCUT2D eigenvalue weighted by Gasteiger charge is 2.04. The molecule has 1 aromatic rings. The van der Waals surface area contributed by atoms with Crippen LogP contribution in [0.2, 0.25) is 0 Å². The number of hydrogen-bond acceptors (Lipinski definition) is 2. The van der Waals surface area contributed by atoms with Crippen LogP contribution in [0.4, 0.5) is 0 Å². The number of hydrogen-bond donors (Lipinski definition) is 1. The lowest BCUT2D eigenvalue weighted by atomic mass is 10.2. The maximum atomic E-state index is 5.70. The molecule has 0 amide bonds. The van der Waals surface area contributed by atoms with Gasteiger partial charge in [0, 0.05) is 28.2 Å². The van der Waals surface area contributed by atoms with Crippen LogP contribution < -0.4 is 10.1 Å². The Kier molecular flexibility index (Phi) is 6.63. The molecule has 0 heterocycles. The third-order valence-electron chi connectivity index (χ3n) is 2.12. The molecule has 1 N–H and O–H groups in total. The summed E-state index contributed by atoms with van der Waals surface area (Å²) in [7, 11) is 0. The summed E-state index contributed by atoms with van der Waals surface area (Å²) in [4.78, 5) is 0. The zero-order valence-corrected chi connectivity index (χ0v) is 12.3. The molecule has 0 aromatic heterocycles. The molecule has 0 aliphatic carbocycles. The average Bonchev–Trinajstić information content (AvgIpc) is 2.27. The monoisotopic (exact) mass is 317 g/mol. The van der Waals surface area contributed by atoms with Crippen LogP contribution >= 0.6 is 27.5 Å². The molecule has 0 aliphatic rings. The second kappa shape index (κ2) is 7.75. The van der Waals surface area contributed by atoms with Crippen LogP contribution in [0.5, 0.6) is 5.75 Å². The molecule has 0 aliphatic heterocycles. The van der Waals surface area contributed by atoms with Gasteiger partial charge in [-0.25, -0.2) is 0 Å². The van der Waals surface area contributed by atoms with Gasteiger partial charge in [-0.15, -0.1) is 0 Å². The standard InChI is InChI=1S/C13H17BrClNO/c1-3-6-17-13-5-4-12(14)7-11(13)9-16-8-10(2)15/h4-5,7,16H,2-3,6,8-9H2,1H3. The quantitative estimate of drug-likeness (QED) is 0.818. The third kappa shape index (κ3) is 5.57. The van der Waals surface area contributed by atoms with E-state index in [0.29, 0.717) is 18.1 Å². The third-order valence-corrected chi connectivity index (χ3v) is 2.74. The second-order valence-corrected chi connectivity index (χ2v) is 5.17. The predicted octanol–water partition coefficient (Wildman–Crippen LogP) is 4.08. The van der Waals surface area contributed by atoms with Crippen molar-refractivity contribution in [1.29, 1.82) is 0 Å². The predicted molar refractivity (Wildman–Crippen MR) is 76.6 cm³/mol. The van der Waals surface area contributed by atoms with Crippen LogP contribution in [0.1, 0.15) is 18.9 Å². The highest BCUT2D eigenvalue weighted by Crippen LogP contribution is 2.23. The van der Waals surface area contributed by atoms with Gasteiger partial charge >= 0.3 is 0 Å². The molecule has 0 fully saturated rings. The van der Waals surface area contributed by atoms with Gasteiger partial charge in [0.05, 0.1) is 6.61 Å². The van der Waals surface area contributed by atoms with Crippen LogP contribution in [0.15, 0.2) is 34.3 Å². The minimum absolute atomic E-state index is 0.598. The zero-order valence-electron chi connectivity index (χ0n) is 9.93. The van der Waals surface area contributed by atoms with E-state index in [1.165, 1.54) is 0 Å². The average molecular weight is 319 g/mol. The lowest BCUT2D eigenvalue weighted by Gasteiger charge is -2.12. The number of halogens is 2. The number of nitrogens with one attached hydrogen (secondary N) is 1.